The quantitative estimate of drug-likeness (QED) is 0.421. The van der Waals surface area contributed by atoms with Crippen LogP contribution in [0.1, 0.15) is 30.5 Å². The van der Waals surface area contributed by atoms with Crippen LogP contribution in [-0.4, -0.2) is 59.4 Å². The van der Waals surface area contributed by atoms with Crippen molar-refractivity contribution in [2.75, 3.05) is 11.9 Å². The first-order chi connectivity index (χ1) is 16.6. The first-order valence-corrected chi connectivity index (χ1v) is 11.1. The van der Waals surface area contributed by atoms with E-state index in [1.165, 1.54) is 6.33 Å². The van der Waals surface area contributed by atoms with Gasteiger partial charge in [0.15, 0.2) is 11.5 Å². The van der Waals surface area contributed by atoms with E-state index in [0.717, 1.165) is 24.8 Å². The van der Waals surface area contributed by atoms with E-state index in [9.17, 15) is 4.79 Å². The Morgan fingerprint density at radius 2 is 1.97 bits per heavy atom. The van der Waals surface area contributed by atoms with E-state index in [2.05, 4.69) is 35.3 Å². The average molecular weight is 460 g/mol. The first kappa shape index (κ1) is 21.8. The van der Waals surface area contributed by atoms with E-state index >= 15 is 0 Å². The summed E-state index contributed by atoms with van der Waals surface area (Å²) < 4.78 is 13.6. The van der Waals surface area contributed by atoms with E-state index in [4.69, 9.17) is 9.47 Å². The average Bonchev–Trinajstić information content (AvgIpc) is 3.24. The highest BCUT2D eigenvalue weighted by Gasteiger charge is 2.27. The van der Waals surface area contributed by atoms with Crippen LogP contribution in [-0.2, 0) is 9.53 Å². The molecule has 0 unspecified atom stereocenters. The second-order valence-electron chi connectivity index (χ2n) is 8.14. The monoisotopic (exact) mass is 460 g/mol. The van der Waals surface area contributed by atoms with Gasteiger partial charge in [-0.15, -0.1) is 0 Å². The Bertz CT molecular complexity index is 1300. The van der Waals surface area contributed by atoms with Crippen molar-refractivity contribution in [1.29, 1.82) is 0 Å². The highest BCUT2D eigenvalue weighted by molar-refractivity contribution is 5.94. The summed E-state index contributed by atoms with van der Waals surface area (Å²) in [7, 11) is 0. The minimum absolute atomic E-state index is 0.0886. The molecule has 4 aromatic heterocycles. The van der Waals surface area contributed by atoms with Gasteiger partial charge in [0, 0.05) is 18.6 Å². The molecule has 5 rings (SSSR count). The Labute approximate surface area is 195 Å². The number of carbonyl (C=O) groups is 1. The fourth-order valence-corrected chi connectivity index (χ4v) is 3.49. The Kier molecular flexibility index (Phi) is 6.09. The molecule has 1 aliphatic carbocycles. The smallest absolute Gasteiger partial charge is 0.269 e. The minimum Gasteiger partial charge on any atom is -0.461 e. The van der Waals surface area contributed by atoms with E-state index in [1.54, 1.807) is 35.5 Å². The van der Waals surface area contributed by atoms with E-state index in [-0.39, 0.29) is 24.5 Å². The molecule has 1 atom stereocenters. The molecule has 1 aliphatic rings. The van der Waals surface area contributed by atoms with Crippen molar-refractivity contribution in [1.82, 2.24) is 34.7 Å². The summed E-state index contributed by atoms with van der Waals surface area (Å²) in [5, 5.41) is 7.74. The number of pyridine rings is 1. The number of fused-ring (bicyclic) bond motifs is 1. The highest BCUT2D eigenvalue weighted by atomic mass is 16.5. The van der Waals surface area contributed by atoms with Gasteiger partial charge in [-0.3, -0.25) is 9.78 Å². The standard InChI is InChI=1S/C23H24N8O3/c1-14-6-7-19(26-10-14)30-22(32)18(12-33-16-4-3-5-16)34-23-17-11-29-31(21(17)27-13-28-23)20-15(2)24-8-9-25-20/h6-11,13,16,18H,3-5,12H2,1-2H3,(H,26,30,32)/t18-/m0/s1. The third-order valence-corrected chi connectivity index (χ3v) is 5.63. The summed E-state index contributed by atoms with van der Waals surface area (Å²) in [5.41, 5.74) is 2.19. The molecule has 0 radical (unpaired) electrons. The molecule has 1 amide bonds. The van der Waals surface area contributed by atoms with Crippen LogP contribution in [0, 0.1) is 13.8 Å². The summed E-state index contributed by atoms with van der Waals surface area (Å²) >= 11 is 0. The summed E-state index contributed by atoms with van der Waals surface area (Å²) in [5.74, 6) is 0.841. The summed E-state index contributed by atoms with van der Waals surface area (Å²) in [4.78, 5) is 34.6. The lowest BCUT2D eigenvalue weighted by molar-refractivity contribution is -0.128. The maximum Gasteiger partial charge on any atom is 0.269 e. The van der Waals surface area contributed by atoms with Crippen molar-refractivity contribution < 1.29 is 14.3 Å². The zero-order valence-corrected chi connectivity index (χ0v) is 18.9. The molecule has 34 heavy (non-hydrogen) atoms. The summed E-state index contributed by atoms with van der Waals surface area (Å²) in [6.07, 6.45) is 10.1. The second kappa shape index (κ2) is 9.48. The lowest BCUT2D eigenvalue weighted by Crippen LogP contribution is -2.39. The zero-order chi connectivity index (χ0) is 23.5. The highest BCUT2D eigenvalue weighted by Crippen LogP contribution is 2.26. The molecule has 4 heterocycles. The SMILES string of the molecule is Cc1ccc(NC(=O)[C@H](COC2CCC2)Oc2ncnc3c2cnn3-c2nccnc2C)nc1. The lowest BCUT2D eigenvalue weighted by atomic mass is 9.96. The maximum atomic E-state index is 13.1. The Balaban J connectivity index is 1.41. The van der Waals surface area contributed by atoms with Gasteiger partial charge in [0.1, 0.15) is 17.5 Å². The number of aryl methyl sites for hydroxylation is 2. The fraction of sp³-hybridized carbons (Fsp3) is 0.348. The summed E-state index contributed by atoms with van der Waals surface area (Å²) in [6.45, 7) is 3.86. The van der Waals surface area contributed by atoms with Crippen LogP contribution in [0.15, 0.2) is 43.2 Å². The second-order valence-corrected chi connectivity index (χ2v) is 8.14. The predicted molar refractivity (Wildman–Crippen MR) is 123 cm³/mol. The van der Waals surface area contributed by atoms with E-state index in [1.807, 2.05) is 19.9 Å². The first-order valence-electron chi connectivity index (χ1n) is 11.1. The molecule has 0 saturated heterocycles. The van der Waals surface area contributed by atoms with Gasteiger partial charge in [0.25, 0.3) is 5.91 Å². The molecule has 4 aromatic rings. The van der Waals surface area contributed by atoms with Crippen molar-refractivity contribution in [3.63, 3.8) is 0 Å². The van der Waals surface area contributed by atoms with Gasteiger partial charge >= 0.3 is 0 Å². The van der Waals surface area contributed by atoms with Crippen molar-refractivity contribution in [2.24, 2.45) is 0 Å². The van der Waals surface area contributed by atoms with Gasteiger partial charge in [0.2, 0.25) is 12.0 Å². The largest absolute Gasteiger partial charge is 0.461 e. The van der Waals surface area contributed by atoms with E-state index in [0.29, 0.717) is 28.4 Å². The van der Waals surface area contributed by atoms with E-state index < -0.39 is 6.10 Å². The van der Waals surface area contributed by atoms with Crippen LogP contribution in [0.3, 0.4) is 0 Å². The molecule has 1 saturated carbocycles. The molecule has 11 nitrogen and oxygen atoms in total. The number of rotatable bonds is 8. The maximum absolute atomic E-state index is 13.1. The number of ether oxygens (including phenoxy) is 2. The molecule has 0 spiro atoms. The lowest BCUT2D eigenvalue weighted by Gasteiger charge is -2.27. The molecule has 1 N–H and O–H groups in total. The van der Waals surface area contributed by atoms with Crippen molar-refractivity contribution in [3.05, 3.63) is 54.5 Å². The molecule has 174 valence electrons. The van der Waals surface area contributed by atoms with Gasteiger partial charge in [-0.1, -0.05) is 6.07 Å². The van der Waals surface area contributed by atoms with Crippen LogP contribution >= 0.6 is 0 Å². The van der Waals surface area contributed by atoms with Crippen LogP contribution in [0.25, 0.3) is 16.9 Å². The number of nitrogens with zero attached hydrogens (tertiary/aromatic N) is 7. The predicted octanol–water partition coefficient (Wildman–Crippen LogP) is 2.57. The van der Waals surface area contributed by atoms with Crippen molar-refractivity contribution in [3.8, 4) is 11.7 Å². The molecule has 0 aromatic carbocycles. The fourth-order valence-electron chi connectivity index (χ4n) is 3.49. The number of carbonyl (C=O) groups excluding carboxylic acids is 1. The number of nitrogens with one attached hydrogen (secondary N) is 1. The van der Waals surface area contributed by atoms with Gasteiger partial charge in [-0.2, -0.15) is 9.78 Å². The minimum atomic E-state index is -0.941. The topological polar surface area (TPSA) is 130 Å². The number of hydrogen-bond donors (Lipinski definition) is 1. The Hall–Kier alpha value is -3.99. The molecule has 0 bridgehead atoms. The molecular formula is C23H24N8O3. The van der Waals surface area contributed by atoms with Gasteiger partial charge in [-0.25, -0.2) is 19.9 Å². The third-order valence-electron chi connectivity index (χ3n) is 5.63. The molecule has 1 fully saturated rings. The number of anilines is 1. The molecule has 11 heteroatoms. The van der Waals surface area contributed by atoms with Crippen molar-refractivity contribution in [2.45, 2.75) is 45.3 Å². The van der Waals surface area contributed by atoms with Crippen LogP contribution in [0.5, 0.6) is 5.88 Å². The summed E-state index contributed by atoms with van der Waals surface area (Å²) in [6, 6.07) is 3.62. The van der Waals surface area contributed by atoms with Crippen LogP contribution in [0.2, 0.25) is 0 Å². The Morgan fingerprint density at radius 1 is 1.12 bits per heavy atom. The van der Waals surface area contributed by atoms with Crippen LogP contribution < -0.4 is 10.1 Å². The van der Waals surface area contributed by atoms with Gasteiger partial charge < -0.3 is 14.8 Å². The third kappa shape index (κ3) is 4.55. The number of hydrogen-bond acceptors (Lipinski definition) is 9. The zero-order valence-electron chi connectivity index (χ0n) is 18.9. The normalized spacial score (nSPS) is 14.5. The number of aromatic nitrogens is 7. The molecular weight excluding hydrogens is 436 g/mol. The number of amides is 1. The Morgan fingerprint density at radius 3 is 2.71 bits per heavy atom. The van der Waals surface area contributed by atoms with Crippen LogP contribution in [0.4, 0.5) is 5.82 Å². The van der Waals surface area contributed by atoms with Gasteiger partial charge in [0.05, 0.1) is 24.6 Å². The van der Waals surface area contributed by atoms with Gasteiger partial charge in [-0.05, 0) is 44.7 Å². The molecule has 0 aliphatic heterocycles. The van der Waals surface area contributed by atoms with Crippen molar-refractivity contribution >= 4 is 22.8 Å².